The zero-order chi connectivity index (χ0) is 14.1. The molecule has 0 spiro atoms. The first-order valence-corrected chi connectivity index (χ1v) is 6.72. The summed E-state index contributed by atoms with van der Waals surface area (Å²) in [5, 5.41) is 12.0. The third-order valence-electron chi connectivity index (χ3n) is 3.92. The van der Waals surface area contributed by atoms with Crippen molar-refractivity contribution in [2.24, 2.45) is 5.92 Å². The van der Waals surface area contributed by atoms with Crippen LogP contribution < -0.4 is 5.32 Å². The molecule has 0 aliphatic carbocycles. The van der Waals surface area contributed by atoms with Crippen molar-refractivity contribution in [3.05, 3.63) is 35.9 Å². The summed E-state index contributed by atoms with van der Waals surface area (Å²) in [6, 6.07) is 9.72. The Morgan fingerprint density at radius 3 is 2.70 bits per heavy atom. The quantitative estimate of drug-likeness (QED) is 0.842. The minimum atomic E-state index is -0.834. The lowest BCUT2D eigenvalue weighted by Crippen LogP contribution is -2.66. The number of carboxylic acid groups (broad SMARTS) is 1. The molecule has 3 rings (SSSR count). The average molecular weight is 275 g/mol. The molecule has 1 aromatic carbocycles. The van der Waals surface area contributed by atoms with Gasteiger partial charge in [0.25, 0.3) is 0 Å². The van der Waals surface area contributed by atoms with E-state index in [2.05, 4.69) is 5.32 Å². The highest BCUT2D eigenvalue weighted by Gasteiger charge is 2.49. The maximum absolute atomic E-state index is 11.8. The molecule has 6 nitrogen and oxygen atoms in total. The first-order valence-electron chi connectivity index (χ1n) is 6.72. The lowest BCUT2D eigenvalue weighted by Gasteiger charge is -2.49. The normalized spacial score (nSPS) is 26.2. The van der Waals surface area contributed by atoms with E-state index in [-0.39, 0.29) is 12.2 Å². The molecule has 6 heteroatoms. The number of hydrogen-bond donors (Lipinski definition) is 2. The molecular formula is C14H17N3O3. The van der Waals surface area contributed by atoms with Crippen LogP contribution in [-0.2, 0) is 11.3 Å². The van der Waals surface area contributed by atoms with Crippen molar-refractivity contribution in [1.82, 2.24) is 15.1 Å². The molecule has 2 amide bonds. The van der Waals surface area contributed by atoms with E-state index in [0.29, 0.717) is 26.2 Å². The fraction of sp³-hybridized carbons (Fsp3) is 0.429. The number of amides is 2. The third kappa shape index (κ3) is 2.22. The fourth-order valence-corrected chi connectivity index (χ4v) is 2.91. The van der Waals surface area contributed by atoms with Gasteiger partial charge in [-0.1, -0.05) is 30.3 Å². The van der Waals surface area contributed by atoms with Gasteiger partial charge in [0.15, 0.2) is 0 Å². The van der Waals surface area contributed by atoms with E-state index in [4.69, 9.17) is 0 Å². The molecule has 2 atom stereocenters. The Kier molecular flexibility index (Phi) is 3.31. The standard InChI is InChI=1S/C14H17N3O3/c18-13(19)11-9-16(8-10-4-2-1-3-5-10)12(11)17-7-6-15-14(17)20/h1-5,11-12H,6-9H2,(H,15,20)(H,18,19). The zero-order valence-electron chi connectivity index (χ0n) is 11.0. The minimum absolute atomic E-state index is 0.168. The molecule has 0 aromatic heterocycles. The second kappa shape index (κ2) is 5.13. The van der Waals surface area contributed by atoms with Crippen LogP contribution in [0.15, 0.2) is 30.3 Å². The van der Waals surface area contributed by atoms with Crippen molar-refractivity contribution in [3.8, 4) is 0 Å². The summed E-state index contributed by atoms with van der Waals surface area (Å²) < 4.78 is 0. The van der Waals surface area contributed by atoms with E-state index < -0.39 is 11.9 Å². The van der Waals surface area contributed by atoms with Crippen molar-refractivity contribution in [1.29, 1.82) is 0 Å². The number of aliphatic carboxylic acids is 1. The third-order valence-corrected chi connectivity index (χ3v) is 3.92. The lowest BCUT2D eigenvalue weighted by molar-refractivity contribution is -0.161. The Labute approximate surface area is 117 Å². The zero-order valence-corrected chi connectivity index (χ0v) is 11.0. The molecule has 0 saturated carbocycles. The van der Waals surface area contributed by atoms with Crippen LogP contribution >= 0.6 is 0 Å². The van der Waals surface area contributed by atoms with Gasteiger partial charge < -0.3 is 15.3 Å². The summed E-state index contributed by atoms with van der Waals surface area (Å²) in [5.41, 5.74) is 1.13. The van der Waals surface area contributed by atoms with Crippen LogP contribution in [0.4, 0.5) is 4.79 Å². The number of benzene rings is 1. The first kappa shape index (κ1) is 12.9. The van der Waals surface area contributed by atoms with Crippen LogP contribution in [-0.4, -0.2) is 52.7 Å². The van der Waals surface area contributed by atoms with Crippen molar-refractivity contribution in [3.63, 3.8) is 0 Å². The summed E-state index contributed by atoms with van der Waals surface area (Å²) in [4.78, 5) is 26.7. The molecule has 2 fully saturated rings. The summed E-state index contributed by atoms with van der Waals surface area (Å²) in [6.07, 6.45) is -0.338. The SMILES string of the molecule is O=C(O)C1CN(Cc2ccccc2)C1N1CCNC1=O. The molecule has 20 heavy (non-hydrogen) atoms. The Morgan fingerprint density at radius 2 is 2.10 bits per heavy atom. The number of likely N-dealkylation sites (tertiary alicyclic amines) is 1. The van der Waals surface area contributed by atoms with Crippen molar-refractivity contribution in [2.45, 2.75) is 12.7 Å². The number of carbonyl (C=O) groups excluding carboxylic acids is 1. The average Bonchev–Trinajstić information content (AvgIpc) is 2.81. The lowest BCUT2D eigenvalue weighted by atomic mass is 9.93. The molecule has 2 saturated heterocycles. The monoisotopic (exact) mass is 275 g/mol. The molecule has 1 aromatic rings. The van der Waals surface area contributed by atoms with Crippen LogP contribution in [0.25, 0.3) is 0 Å². The maximum Gasteiger partial charge on any atom is 0.318 e. The molecule has 2 N–H and O–H groups in total. The summed E-state index contributed by atoms with van der Waals surface area (Å²) in [5.74, 6) is -1.33. The van der Waals surface area contributed by atoms with Crippen LogP contribution in [0.1, 0.15) is 5.56 Å². The second-order valence-corrected chi connectivity index (χ2v) is 5.20. The Bertz CT molecular complexity index is 520. The van der Waals surface area contributed by atoms with E-state index in [0.717, 1.165) is 5.56 Å². The predicted octanol–water partition coefficient (Wildman–Crippen LogP) is 0.554. The predicted molar refractivity (Wildman–Crippen MR) is 71.9 cm³/mol. The van der Waals surface area contributed by atoms with Gasteiger partial charge in [-0.25, -0.2) is 4.79 Å². The van der Waals surface area contributed by atoms with E-state index >= 15 is 0 Å². The smallest absolute Gasteiger partial charge is 0.318 e. The Balaban J connectivity index is 1.74. The van der Waals surface area contributed by atoms with Gasteiger partial charge >= 0.3 is 12.0 Å². The van der Waals surface area contributed by atoms with E-state index in [1.165, 1.54) is 0 Å². The maximum atomic E-state index is 11.8. The number of carboxylic acids is 1. The van der Waals surface area contributed by atoms with Crippen LogP contribution in [0.2, 0.25) is 0 Å². The van der Waals surface area contributed by atoms with Crippen LogP contribution in [0.3, 0.4) is 0 Å². The number of nitrogens with zero attached hydrogens (tertiary/aromatic N) is 2. The van der Waals surface area contributed by atoms with Gasteiger partial charge in [-0.15, -0.1) is 0 Å². The summed E-state index contributed by atoms with van der Waals surface area (Å²) in [7, 11) is 0. The number of nitrogens with one attached hydrogen (secondary N) is 1. The highest BCUT2D eigenvalue weighted by atomic mass is 16.4. The van der Waals surface area contributed by atoms with E-state index in [9.17, 15) is 14.7 Å². The molecule has 106 valence electrons. The van der Waals surface area contributed by atoms with Gasteiger partial charge in [0.1, 0.15) is 12.1 Å². The number of hydrogen-bond acceptors (Lipinski definition) is 3. The fourth-order valence-electron chi connectivity index (χ4n) is 2.91. The molecule has 2 unspecified atom stereocenters. The van der Waals surface area contributed by atoms with Gasteiger partial charge in [-0.3, -0.25) is 9.69 Å². The molecule has 0 bridgehead atoms. The Hall–Kier alpha value is -2.08. The minimum Gasteiger partial charge on any atom is -0.481 e. The van der Waals surface area contributed by atoms with Gasteiger partial charge in [0, 0.05) is 26.2 Å². The van der Waals surface area contributed by atoms with E-state index in [1.807, 2.05) is 35.2 Å². The van der Waals surface area contributed by atoms with Crippen molar-refractivity contribution in [2.75, 3.05) is 19.6 Å². The number of urea groups is 1. The number of carbonyl (C=O) groups is 2. The molecule has 0 radical (unpaired) electrons. The molecule has 2 heterocycles. The highest BCUT2D eigenvalue weighted by Crippen LogP contribution is 2.30. The summed E-state index contributed by atoms with van der Waals surface area (Å²) in [6.45, 7) is 2.30. The van der Waals surface area contributed by atoms with Crippen LogP contribution in [0.5, 0.6) is 0 Å². The summed E-state index contributed by atoms with van der Waals surface area (Å²) >= 11 is 0. The Morgan fingerprint density at radius 1 is 1.35 bits per heavy atom. The van der Waals surface area contributed by atoms with E-state index in [1.54, 1.807) is 4.90 Å². The van der Waals surface area contributed by atoms with Gasteiger partial charge in [0.2, 0.25) is 0 Å². The molecular weight excluding hydrogens is 258 g/mol. The first-order chi connectivity index (χ1) is 9.66. The van der Waals surface area contributed by atoms with Crippen LogP contribution in [0, 0.1) is 5.92 Å². The van der Waals surface area contributed by atoms with Gasteiger partial charge in [-0.05, 0) is 5.56 Å². The molecule has 2 aliphatic heterocycles. The van der Waals surface area contributed by atoms with Crippen molar-refractivity contribution < 1.29 is 14.7 Å². The highest BCUT2D eigenvalue weighted by molar-refractivity contribution is 5.79. The van der Waals surface area contributed by atoms with Gasteiger partial charge in [0.05, 0.1) is 0 Å². The van der Waals surface area contributed by atoms with Crippen molar-refractivity contribution >= 4 is 12.0 Å². The number of rotatable bonds is 4. The topological polar surface area (TPSA) is 72.9 Å². The second-order valence-electron chi connectivity index (χ2n) is 5.20. The largest absolute Gasteiger partial charge is 0.481 e. The van der Waals surface area contributed by atoms with Gasteiger partial charge in [-0.2, -0.15) is 0 Å². The molecule has 2 aliphatic rings.